The van der Waals surface area contributed by atoms with Crippen LogP contribution in [0.5, 0.6) is 0 Å². The Hall–Kier alpha value is -1.15. The highest BCUT2D eigenvalue weighted by molar-refractivity contribution is 7.89. The van der Waals surface area contributed by atoms with Crippen molar-refractivity contribution in [3.05, 3.63) is 29.3 Å². The summed E-state index contributed by atoms with van der Waals surface area (Å²) in [5.41, 5.74) is 6.12. The molecule has 3 N–H and O–H groups in total. The van der Waals surface area contributed by atoms with E-state index in [9.17, 15) is 13.2 Å². The first-order chi connectivity index (χ1) is 12.3. The predicted molar refractivity (Wildman–Crippen MR) is 101 cm³/mol. The summed E-state index contributed by atoms with van der Waals surface area (Å²) in [5.74, 6) is 0.543. The third-order valence-electron chi connectivity index (χ3n) is 5.59. The summed E-state index contributed by atoms with van der Waals surface area (Å²) in [6.45, 7) is -0.201. The molecule has 0 heterocycles. The molecular formula is C18H26ClN3O3S. The second kappa shape index (κ2) is 7.84. The fraction of sp³-hybridized carbons (Fsp3) is 0.611. The van der Waals surface area contributed by atoms with E-state index in [4.69, 9.17) is 17.3 Å². The summed E-state index contributed by atoms with van der Waals surface area (Å²) >= 11 is 5.81. The molecule has 2 aliphatic carbocycles. The average molecular weight is 400 g/mol. The number of fused-ring (bicyclic) bond motifs is 2. The molecule has 0 saturated heterocycles. The number of nitrogens with zero attached hydrogens (tertiary/aromatic N) is 1. The summed E-state index contributed by atoms with van der Waals surface area (Å²) in [7, 11) is -2.31. The number of rotatable bonds is 5. The lowest BCUT2D eigenvalue weighted by Crippen LogP contribution is -2.55. The SMILES string of the molecule is CN(CC(=O)NC1C2CCCC1CC(N)C2)S(=O)(=O)c1ccc(Cl)cc1. The third kappa shape index (κ3) is 4.22. The molecule has 6 nitrogen and oxygen atoms in total. The van der Waals surface area contributed by atoms with Gasteiger partial charge in [-0.3, -0.25) is 4.79 Å². The molecule has 0 spiro atoms. The number of carbonyl (C=O) groups is 1. The summed E-state index contributed by atoms with van der Waals surface area (Å²) in [6, 6.07) is 6.26. The number of halogens is 1. The topological polar surface area (TPSA) is 92.5 Å². The molecule has 3 rings (SSSR count). The molecule has 144 valence electrons. The number of nitrogens with two attached hydrogens (primary N) is 1. The Labute approximate surface area is 160 Å². The van der Waals surface area contributed by atoms with Gasteiger partial charge in [-0.2, -0.15) is 4.31 Å². The molecule has 2 aliphatic rings. The lowest BCUT2D eigenvalue weighted by Gasteiger charge is -2.45. The van der Waals surface area contributed by atoms with E-state index in [2.05, 4.69) is 5.32 Å². The molecule has 2 bridgehead atoms. The molecule has 2 saturated carbocycles. The molecule has 2 fully saturated rings. The molecule has 26 heavy (non-hydrogen) atoms. The molecular weight excluding hydrogens is 374 g/mol. The molecule has 8 heteroatoms. The maximum atomic E-state index is 12.6. The van der Waals surface area contributed by atoms with Gasteiger partial charge in [0.05, 0.1) is 11.4 Å². The van der Waals surface area contributed by atoms with Crippen LogP contribution in [0.3, 0.4) is 0 Å². The molecule has 2 unspecified atom stereocenters. The van der Waals surface area contributed by atoms with E-state index in [-0.39, 0.29) is 29.4 Å². The van der Waals surface area contributed by atoms with Crippen LogP contribution in [-0.4, -0.2) is 44.3 Å². The largest absolute Gasteiger partial charge is 0.352 e. The first-order valence-electron chi connectivity index (χ1n) is 9.04. The summed E-state index contributed by atoms with van der Waals surface area (Å²) < 4.78 is 26.3. The quantitative estimate of drug-likeness (QED) is 0.791. The highest BCUT2D eigenvalue weighted by Gasteiger charge is 2.40. The Balaban J connectivity index is 1.63. The fourth-order valence-corrected chi connectivity index (χ4v) is 5.58. The highest BCUT2D eigenvalue weighted by Crippen LogP contribution is 2.39. The zero-order valence-corrected chi connectivity index (χ0v) is 16.5. The standard InChI is InChI=1S/C18H26ClN3O3S/c1-22(26(24,25)16-7-5-14(19)6-8-16)11-17(23)21-18-12-3-2-4-13(18)10-15(20)9-12/h5-8,12-13,15,18H,2-4,9-11,20H2,1H3,(H,21,23). The van der Waals surface area contributed by atoms with Gasteiger partial charge in [-0.25, -0.2) is 8.42 Å². The van der Waals surface area contributed by atoms with Crippen LogP contribution < -0.4 is 11.1 Å². The van der Waals surface area contributed by atoms with Crippen molar-refractivity contribution in [1.29, 1.82) is 0 Å². The van der Waals surface area contributed by atoms with Crippen molar-refractivity contribution < 1.29 is 13.2 Å². The molecule has 1 aromatic carbocycles. The van der Waals surface area contributed by atoms with Crippen LogP contribution in [0, 0.1) is 11.8 Å². The summed E-state index contributed by atoms with van der Waals surface area (Å²) in [5, 5.41) is 3.55. The minimum absolute atomic E-state index is 0.114. The Kier molecular flexibility index (Phi) is 5.91. The second-order valence-corrected chi connectivity index (χ2v) is 9.97. The van der Waals surface area contributed by atoms with E-state index < -0.39 is 10.0 Å². The lowest BCUT2D eigenvalue weighted by molar-refractivity contribution is -0.123. The highest BCUT2D eigenvalue weighted by atomic mass is 35.5. The van der Waals surface area contributed by atoms with Gasteiger partial charge in [0.15, 0.2) is 0 Å². The number of likely N-dealkylation sites (N-methyl/N-ethyl adjacent to an activating group) is 1. The molecule has 2 atom stereocenters. The van der Waals surface area contributed by atoms with Crippen LogP contribution in [0.25, 0.3) is 0 Å². The van der Waals surface area contributed by atoms with Gasteiger partial charge < -0.3 is 11.1 Å². The van der Waals surface area contributed by atoms with Crippen molar-refractivity contribution in [2.75, 3.05) is 13.6 Å². The zero-order valence-electron chi connectivity index (χ0n) is 14.9. The molecule has 1 amide bonds. The maximum absolute atomic E-state index is 12.6. The first-order valence-corrected chi connectivity index (χ1v) is 10.9. The van der Waals surface area contributed by atoms with Gasteiger partial charge in [0, 0.05) is 24.2 Å². The van der Waals surface area contributed by atoms with E-state index in [0.29, 0.717) is 16.9 Å². The maximum Gasteiger partial charge on any atom is 0.243 e. The van der Waals surface area contributed by atoms with Crippen LogP contribution in [0.2, 0.25) is 5.02 Å². The van der Waals surface area contributed by atoms with Gasteiger partial charge >= 0.3 is 0 Å². The van der Waals surface area contributed by atoms with Gasteiger partial charge in [0.25, 0.3) is 0 Å². The fourth-order valence-electron chi connectivity index (χ4n) is 4.33. The van der Waals surface area contributed by atoms with Gasteiger partial charge in [0.2, 0.25) is 15.9 Å². The van der Waals surface area contributed by atoms with Crippen LogP contribution in [0.1, 0.15) is 32.1 Å². The summed E-state index contributed by atoms with van der Waals surface area (Å²) in [4.78, 5) is 12.6. The van der Waals surface area contributed by atoms with Crippen molar-refractivity contribution in [3.63, 3.8) is 0 Å². The molecule has 1 aromatic rings. The summed E-state index contributed by atoms with van der Waals surface area (Å²) in [6.07, 6.45) is 5.20. The normalized spacial score (nSPS) is 28.8. The molecule has 0 aliphatic heterocycles. The van der Waals surface area contributed by atoms with Gasteiger partial charge in [0.1, 0.15) is 0 Å². The minimum atomic E-state index is -3.73. The van der Waals surface area contributed by atoms with Crippen LogP contribution >= 0.6 is 11.6 Å². The average Bonchev–Trinajstić information content (AvgIpc) is 2.56. The lowest BCUT2D eigenvalue weighted by atomic mass is 9.67. The van der Waals surface area contributed by atoms with Crippen molar-refractivity contribution >= 4 is 27.5 Å². The third-order valence-corrected chi connectivity index (χ3v) is 7.66. The number of amides is 1. The Morgan fingerprint density at radius 1 is 1.23 bits per heavy atom. The van der Waals surface area contributed by atoms with E-state index >= 15 is 0 Å². The Morgan fingerprint density at radius 2 is 1.81 bits per heavy atom. The van der Waals surface area contributed by atoms with E-state index in [1.54, 1.807) is 0 Å². The van der Waals surface area contributed by atoms with Crippen molar-refractivity contribution in [3.8, 4) is 0 Å². The van der Waals surface area contributed by atoms with Crippen LogP contribution in [0.15, 0.2) is 29.2 Å². The molecule has 0 radical (unpaired) electrons. The first kappa shape index (κ1) is 19.6. The Bertz CT molecular complexity index is 739. The number of nitrogens with one attached hydrogen (secondary N) is 1. The second-order valence-electron chi connectivity index (χ2n) is 7.49. The van der Waals surface area contributed by atoms with E-state index in [0.717, 1.165) is 30.0 Å². The van der Waals surface area contributed by atoms with Crippen molar-refractivity contribution in [2.24, 2.45) is 17.6 Å². The number of hydrogen-bond acceptors (Lipinski definition) is 4. The number of benzene rings is 1. The van der Waals surface area contributed by atoms with E-state index in [1.807, 2.05) is 0 Å². The predicted octanol–water partition coefficient (Wildman–Crippen LogP) is 1.98. The van der Waals surface area contributed by atoms with Gasteiger partial charge in [-0.15, -0.1) is 0 Å². The molecule has 0 aromatic heterocycles. The number of sulfonamides is 1. The monoisotopic (exact) mass is 399 g/mol. The smallest absolute Gasteiger partial charge is 0.243 e. The van der Waals surface area contributed by atoms with Crippen LogP contribution in [-0.2, 0) is 14.8 Å². The number of carbonyl (C=O) groups excluding carboxylic acids is 1. The van der Waals surface area contributed by atoms with E-state index in [1.165, 1.54) is 37.7 Å². The van der Waals surface area contributed by atoms with Crippen LogP contribution in [0.4, 0.5) is 0 Å². The van der Waals surface area contributed by atoms with Gasteiger partial charge in [-0.1, -0.05) is 18.0 Å². The number of hydrogen-bond donors (Lipinski definition) is 2. The minimum Gasteiger partial charge on any atom is -0.352 e. The van der Waals surface area contributed by atoms with Crippen molar-refractivity contribution in [1.82, 2.24) is 9.62 Å². The Morgan fingerprint density at radius 3 is 2.38 bits per heavy atom. The van der Waals surface area contributed by atoms with Crippen molar-refractivity contribution in [2.45, 2.75) is 49.1 Å². The van der Waals surface area contributed by atoms with Gasteiger partial charge in [-0.05, 0) is 61.8 Å². The zero-order chi connectivity index (χ0) is 18.9.